The van der Waals surface area contributed by atoms with Crippen LogP contribution in [0, 0.1) is 5.82 Å². The predicted molar refractivity (Wildman–Crippen MR) is 142 cm³/mol. The van der Waals surface area contributed by atoms with Crippen molar-refractivity contribution in [3.63, 3.8) is 0 Å². The minimum Gasteiger partial charge on any atom is -0.478 e. The lowest BCUT2D eigenvalue weighted by molar-refractivity contribution is -0.0592. The lowest BCUT2D eigenvalue weighted by atomic mass is 10.1. The smallest absolute Gasteiger partial charge is 0.335 e. The van der Waals surface area contributed by atoms with Crippen molar-refractivity contribution >= 4 is 40.2 Å². The Kier molecular flexibility index (Phi) is 7.11. The van der Waals surface area contributed by atoms with Gasteiger partial charge < -0.3 is 19.1 Å². The number of benzene rings is 1. The van der Waals surface area contributed by atoms with Crippen molar-refractivity contribution in [2.24, 2.45) is 0 Å². The standard InChI is InChI=1S/C27H24Cl2FN5O4/c28-17-9-20(30)23(31-10-17)14-39-26-19(29)7-15-3-5-34(12-22(15)33-26)13-25-32-21-2-1-16(27(36)37)8-24(21)35(25)11-18-4-6-38-18/h1-2,7-10,18H,3-6,11-14H2,(H,36,37)/t18-/m0/s1. The fourth-order valence-corrected chi connectivity index (χ4v) is 5.23. The molecule has 2 aliphatic rings. The van der Waals surface area contributed by atoms with E-state index in [0.717, 1.165) is 54.1 Å². The maximum Gasteiger partial charge on any atom is 0.335 e. The van der Waals surface area contributed by atoms with Crippen LogP contribution in [0.4, 0.5) is 4.39 Å². The Morgan fingerprint density at radius 2 is 2.08 bits per heavy atom. The number of carboxylic acids is 1. The van der Waals surface area contributed by atoms with E-state index in [-0.39, 0.29) is 34.9 Å². The summed E-state index contributed by atoms with van der Waals surface area (Å²) >= 11 is 12.2. The zero-order valence-electron chi connectivity index (χ0n) is 20.7. The number of nitrogens with zero attached hydrogens (tertiary/aromatic N) is 5. The third kappa shape index (κ3) is 5.42. The van der Waals surface area contributed by atoms with Gasteiger partial charge in [-0.3, -0.25) is 9.88 Å². The quantitative estimate of drug-likeness (QED) is 0.318. The number of fused-ring (bicyclic) bond motifs is 2. The lowest BCUT2D eigenvalue weighted by Gasteiger charge is -2.30. The van der Waals surface area contributed by atoms with Crippen molar-refractivity contribution in [1.29, 1.82) is 0 Å². The van der Waals surface area contributed by atoms with Gasteiger partial charge in [-0.1, -0.05) is 23.2 Å². The van der Waals surface area contributed by atoms with Gasteiger partial charge >= 0.3 is 5.97 Å². The second-order valence-electron chi connectivity index (χ2n) is 9.64. The first-order valence-electron chi connectivity index (χ1n) is 12.5. The van der Waals surface area contributed by atoms with Crippen LogP contribution in [0.1, 0.15) is 39.6 Å². The molecule has 0 bridgehead atoms. The van der Waals surface area contributed by atoms with Crippen molar-refractivity contribution in [1.82, 2.24) is 24.4 Å². The first kappa shape index (κ1) is 25.9. The van der Waals surface area contributed by atoms with Crippen LogP contribution in [0.15, 0.2) is 36.5 Å². The van der Waals surface area contributed by atoms with Gasteiger partial charge in [0.2, 0.25) is 5.88 Å². The van der Waals surface area contributed by atoms with Crippen molar-refractivity contribution in [2.45, 2.75) is 45.2 Å². The second kappa shape index (κ2) is 10.7. The highest BCUT2D eigenvalue weighted by atomic mass is 35.5. The van der Waals surface area contributed by atoms with Crippen molar-refractivity contribution in [3.05, 3.63) is 80.7 Å². The Morgan fingerprint density at radius 3 is 2.82 bits per heavy atom. The Labute approximate surface area is 233 Å². The number of rotatable bonds is 8. The summed E-state index contributed by atoms with van der Waals surface area (Å²) in [5, 5.41) is 10.0. The molecule has 1 N–H and O–H groups in total. The summed E-state index contributed by atoms with van der Waals surface area (Å²) in [4.78, 5) is 27.3. The molecular formula is C27H24Cl2FN5O4. The minimum absolute atomic E-state index is 0.0835. The SMILES string of the molecule is O=C(O)c1ccc2nc(CN3CCc4cc(Cl)c(OCc5ncc(Cl)cc5F)nc4C3)n(C[C@@H]3CCO3)c2c1. The number of hydrogen-bond donors (Lipinski definition) is 1. The molecule has 1 fully saturated rings. The van der Waals surface area contributed by atoms with Crippen LogP contribution in [-0.2, 0) is 37.4 Å². The number of aromatic nitrogens is 4. The van der Waals surface area contributed by atoms with Crippen LogP contribution in [-0.4, -0.2) is 54.8 Å². The number of pyridine rings is 2. The predicted octanol–water partition coefficient (Wildman–Crippen LogP) is 4.90. The van der Waals surface area contributed by atoms with Gasteiger partial charge in [-0.15, -0.1) is 0 Å². The Bertz CT molecular complexity index is 1580. The molecule has 0 radical (unpaired) electrons. The molecule has 0 unspecified atom stereocenters. The number of aromatic carboxylic acids is 1. The Morgan fingerprint density at radius 1 is 1.23 bits per heavy atom. The number of imidazole rings is 1. The molecule has 6 rings (SSSR count). The highest BCUT2D eigenvalue weighted by molar-refractivity contribution is 6.32. The summed E-state index contributed by atoms with van der Waals surface area (Å²) in [6, 6.07) is 8.02. The van der Waals surface area contributed by atoms with Gasteiger partial charge in [-0.2, -0.15) is 0 Å². The molecule has 0 saturated carbocycles. The molecular weight excluding hydrogens is 548 g/mol. The maximum absolute atomic E-state index is 14.1. The number of carbonyl (C=O) groups is 1. The fourth-order valence-electron chi connectivity index (χ4n) is 4.85. The molecule has 0 spiro atoms. The van der Waals surface area contributed by atoms with E-state index in [9.17, 15) is 14.3 Å². The summed E-state index contributed by atoms with van der Waals surface area (Å²) < 4.78 is 27.6. The van der Waals surface area contributed by atoms with Crippen molar-refractivity contribution in [3.8, 4) is 5.88 Å². The zero-order chi connectivity index (χ0) is 27.1. The molecule has 0 amide bonds. The molecule has 5 heterocycles. The van der Waals surface area contributed by atoms with E-state index in [1.807, 2.05) is 6.07 Å². The highest BCUT2D eigenvalue weighted by Gasteiger charge is 2.26. The van der Waals surface area contributed by atoms with Gasteiger partial charge in [-0.25, -0.2) is 19.2 Å². The molecule has 0 aliphatic carbocycles. The summed E-state index contributed by atoms with van der Waals surface area (Å²) in [6.07, 6.45) is 3.14. The fraction of sp³-hybridized carbons (Fsp3) is 0.333. The third-order valence-corrected chi connectivity index (χ3v) is 7.51. The molecule has 39 heavy (non-hydrogen) atoms. The van der Waals surface area contributed by atoms with E-state index in [4.69, 9.17) is 37.7 Å². The Hall–Kier alpha value is -3.31. The first-order valence-corrected chi connectivity index (χ1v) is 13.3. The monoisotopic (exact) mass is 571 g/mol. The van der Waals surface area contributed by atoms with Crippen LogP contribution in [0.5, 0.6) is 5.88 Å². The van der Waals surface area contributed by atoms with Crippen LogP contribution >= 0.6 is 23.2 Å². The molecule has 1 aromatic carbocycles. The van der Waals surface area contributed by atoms with E-state index in [2.05, 4.69) is 19.4 Å². The van der Waals surface area contributed by atoms with E-state index < -0.39 is 11.8 Å². The molecule has 202 valence electrons. The molecule has 1 atom stereocenters. The lowest BCUT2D eigenvalue weighted by Crippen LogP contribution is -2.34. The van der Waals surface area contributed by atoms with Gasteiger partial charge in [0.25, 0.3) is 0 Å². The molecule has 9 nitrogen and oxygen atoms in total. The molecule has 2 aliphatic heterocycles. The van der Waals surface area contributed by atoms with Crippen molar-refractivity contribution < 1.29 is 23.8 Å². The maximum atomic E-state index is 14.1. The number of ether oxygens (including phenoxy) is 2. The first-order chi connectivity index (χ1) is 18.8. The van der Waals surface area contributed by atoms with Gasteiger partial charge in [0.15, 0.2) is 0 Å². The summed E-state index contributed by atoms with van der Waals surface area (Å²) in [5.41, 5.74) is 3.71. The molecule has 4 aromatic rings. The van der Waals surface area contributed by atoms with E-state index >= 15 is 0 Å². The summed E-state index contributed by atoms with van der Waals surface area (Å²) in [5.74, 6) is -0.491. The van der Waals surface area contributed by atoms with Gasteiger partial charge in [0.05, 0.1) is 46.5 Å². The molecule has 12 heteroatoms. The Balaban J connectivity index is 1.22. The molecule has 3 aromatic heterocycles. The second-order valence-corrected chi connectivity index (χ2v) is 10.5. The minimum atomic E-state index is -0.976. The van der Waals surface area contributed by atoms with Crippen LogP contribution in [0.3, 0.4) is 0 Å². The van der Waals surface area contributed by atoms with Crippen LogP contribution in [0.2, 0.25) is 10.0 Å². The van der Waals surface area contributed by atoms with Crippen LogP contribution in [0.25, 0.3) is 11.0 Å². The number of hydrogen-bond acceptors (Lipinski definition) is 7. The largest absolute Gasteiger partial charge is 0.478 e. The van der Waals surface area contributed by atoms with Gasteiger partial charge in [-0.05, 0) is 48.7 Å². The van der Waals surface area contributed by atoms with E-state index in [1.54, 1.807) is 18.2 Å². The van der Waals surface area contributed by atoms with E-state index in [1.165, 1.54) is 12.3 Å². The summed E-state index contributed by atoms with van der Waals surface area (Å²) in [6.45, 7) is 3.07. The van der Waals surface area contributed by atoms with Crippen molar-refractivity contribution in [2.75, 3.05) is 13.2 Å². The highest BCUT2D eigenvalue weighted by Crippen LogP contribution is 2.30. The number of carboxylic acid groups (broad SMARTS) is 1. The van der Waals surface area contributed by atoms with Gasteiger partial charge in [0, 0.05) is 25.9 Å². The van der Waals surface area contributed by atoms with Crippen LogP contribution < -0.4 is 4.74 Å². The topological polar surface area (TPSA) is 103 Å². The van der Waals surface area contributed by atoms with Gasteiger partial charge in [0.1, 0.15) is 29.0 Å². The number of halogens is 3. The summed E-state index contributed by atoms with van der Waals surface area (Å²) in [7, 11) is 0. The zero-order valence-corrected chi connectivity index (χ0v) is 22.3. The molecule has 1 saturated heterocycles. The third-order valence-electron chi connectivity index (χ3n) is 7.03. The average molecular weight is 572 g/mol. The normalized spacial score (nSPS) is 17.2. The van der Waals surface area contributed by atoms with E-state index in [0.29, 0.717) is 24.7 Å². The average Bonchev–Trinajstić information content (AvgIpc) is 3.21.